The Morgan fingerprint density at radius 2 is 2.24 bits per heavy atom. The van der Waals surface area contributed by atoms with E-state index in [1.807, 2.05) is 0 Å². The van der Waals surface area contributed by atoms with Crippen LogP contribution in [0.4, 0.5) is 0 Å². The molecule has 1 aromatic heterocycles. The van der Waals surface area contributed by atoms with E-state index < -0.39 is 0 Å². The van der Waals surface area contributed by atoms with Gasteiger partial charge in [-0.1, -0.05) is 26.7 Å². The van der Waals surface area contributed by atoms with Crippen molar-refractivity contribution in [3.63, 3.8) is 0 Å². The lowest BCUT2D eigenvalue weighted by Gasteiger charge is -2.31. The summed E-state index contributed by atoms with van der Waals surface area (Å²) < 4.78 is 2.08. The Morgan fingerprint density at radius 1 is 1.35 bits per heavy atom. The molecule has 0 saturated carbocycles. The SMILES string of the molecule is CCCn1cc(C2(CC)CCCCCN2)cn1. The summed E-state index contributed by atoms with van der Waals surface area (Å²) in [6, 6.07) is 0. The Kier molecular flexibility index (Phi) is 4.21. The second kappa shape index (κ2) is 5.67. The van der Waals surface area contributed by atoms with Crippen LogP contribution in [-0.2, 0) is 12.1 Å². The van der Waals surface area contributed by atoms with E-state index in [0.717, 1.165) is 25.9 Å². The average Bonchev–Trinajstić information content (AvgIpc) is 2.68. The van der Waals surface area contributed by atoms with Gasteiger partial charge in [0.1, 0.15) is 0 Å². The third-order valence-corrected chi connectivity index (χ3v) is 3.99. The number of aryl methyl sites for hydroxylation is 1. The molecular formula is C14H25N3. The summed E-state index contributed by atoms with van der Waals surface area (Å²) in [6.45, 7) is 6.66. The monoisotopic (exact) mass is 235 g/mol. The highest BCUT2D eigenvalue weighted by atomic mass is 15.3. The molecule has 1 aromatic rings. The third-order valence-electron chi connectivity index (χ3n) is 3.99. The molecular weight excluding hydrogens is 210 g/mol. The number of hydrogen-bond donors (Lipinski definition) is 1. The fourth-order valence-corrected chi connectivity index (χ4v) is 2.86. The van der Waals surface area contributed by atoms with Crippen molar-refractivity contribution in [2.24, 2.45) is 0 Å². The Labute approximate surface area is 105 Å². The number of hydrogen-bond acceptors (Lipinski definition) is 2. The quantitative estimate of drug-likeness (QED) is 0.869. The highest BCUT2D eigenvalue weighted by molar-refractivity contribution is 5.18. The molecule has 2 heterocycles. The lowest BCUT2D eigenvalue weighted by Crippen LogP contribution is -2.41. The van der Waals surface area contributed by atoms with Crippen LogP contribution >= 0.6 is 0 Å². The fraction of sp³-hybridized carbons (Fsp3) is 0.786. The Balaban J connectivity index is 2.19. The molecule has 96 valence electrons. The summed E-state index contributed by atoms with van der Waals surface area (Å²) >= 11 is 0. The van der Waals surface area contributed by atoms with Crippen molar-refractivity contribution in [2.45, 2.75) is 64.5 Å². The number of nitrogens with one attached hydrogen (secondary N) is 1. The molecule has 0 bridgehead atoms. The van der Waals surface area contributed by atoms with E-state index in [4.69, 9.17) is 0 Å². The minimum absolute atomic E-state index is 0.183. The van der Waals surface area contributed by atoms with E-state index in [9.17, 15) is 0 Å². The van der Waals surface area contributed by atoms with Gasteiger partial charge in [-0.2, -0.15) is 5.10 Å². The molecule has 0 radical (unpaired) electrons. The van der Waals surface area contributed by atoms with Crippen LogP contribution in [-0.4, -0.2) is 16.3 Å². The molecule has 0 aliphatic carbocycles. The van der Waals surface area contributed by atoms with Gasteiger partial charge in [0.2, 0.25) is 0 Å². The van der Waals surface area contributed by atoms with Crippen molar-refractivity contribution < 1.29 is 0 Å². The predicted octanol–water partition coefficient (Wildman–Crippen LogP) is 3.06. The van der Waals surface area contributed by atoms with Crippen LogP contribution < -0.4 is 5.32 Å². The molecule has 1 N–H and O–H groups in total. The molecule has 2 rings (SSSR count). The van der Waals surface area contributed by atoms with Gasteiger partial charge in [0.05, 0.1) is 6.20 Å². The Hall–Kier alpha value is -0.830. The van der Waals surface area contributed by atoms with Crippen molar-refractivity contribution in [1.29, 1.82) is 0 Å². The molecule has 1 atom stereocenters. The normalized spacial score (nSPS) is 25.8. The lowest BCUT2D eigenvalue weighted by molar-refractivity contribution is 0.312. The van der Waals surface area contributed by atoms with Crippen LogP contribution in [0.2, 0.25) is 0 Å². The zero-order valence-corrected chi connectivity index (χ0v) is 11.2. The molecule has 1 unspecified atom stereocenters. The molecule has 0 amide bonds. The smallest absolute Gasteiger partial charge is 0.0540 e. The van der Waals surface area contributed by atoms with Crippen LogP contribution in [0, 0.1) is 0 Å². The highest BCUT2D eigenvalue weighted by Crippen LogP contribution is 2.32. The summed E-state index contributed by atoms with van der Waals surface area (Å²) in [4.78, 5) is 0. The summed E-state index contributed by atoms with van der Waals surface area (Å²) in [5.41, 5.74) is 1.57. The molecule has 3 heteroatoms. The lowest BCUT2D eigenvalue weighted by atomic mass is 9.85. The molecule has 1 aliphatic rings. The second-order valence-electron chi connectivity index (χ2n) is 5.17. The number of nitrogens with zero attached hydrogens (tertiary/aromatic N) is 2. The first-order chi connectivity index (χ1) is 8.30. The van der Waals surface area contributed by atoms with Gasteiger partial charge in [0.15, 0.2) is 0 Å². The van der Waals surface area contributed by atoms with Crippen LogP contribution in [0.15, 0.2) is 12.4 Å². The largest absolute Gasteiger partial charge is 0.307 e. The van der Waals surface area contributed by atoms with Gasteiger partial charge in [-0.05, 0) is 32.2 Å². The van der Waals surface area contributed by atoms with Gasteiger partial charge in [0.25, 0.3) is 0 Å². The third kappa shape index (κ3) is 2.71. The first kappa shape index (κ1) is 12.6. The van der Waals surface area contributed by atoms with Gasteiger partial charge in [0, 0.05) is 23.8 Å². The van der Waals surface area contributed by atoms with Crippen molar-refractivity contribution in [2.75, 3.05) is 6.54 Å². The van der Waals surface area contributed by atoms with Gasteiger partial charge in [-0.15, -0.1) is 0 Å². The van der Waals surface area contributed by atoms with E-state index in [1.54, 1.807) is 0 Å². The predicted molar refractivity (Wildman–Crippen MR) is 71.0 cm³/mol. The van der Waals surface area contributed by atoms with Gasteiger partial charge in [-0.3, -0.25) is 4.68 Å². The van der Waals surface area contributed by atoms with E-state index >= 15 is 0 Å². The van der Waals surface area contributed by atoms with Crippen molar-refractivity contribution >= 4 is 0 Å². The van der Waals surface area contributed by atoms with Crippen molar-refractivity contribution in [1.82, 2.24) is 15.1 Å². The molecule has 1 fully saturated rings. The van der Waals surface area contributed by atoms with Crippen LogP contribution in [0.5, 0.6) is 0 Å². The first-order valence-corrected chi connectivity index (χ1v) is 7.08. The standard InChI is InChI=1S/C14H25N3/c1-3-10-17-12-13(11-16-17)14(4-2)8-6-5-7-9-15-14/h11-12,15H,3-10H2,1-2H3. The van der Waals surface area contributed by atoms with Crippen molar-refractivity contribution in [3.05, 3.63) is 18.0 Å². The van der Waals surface area contributed by atoms with E-state index in [2.05, 4.69) is 41.3 Å². The Bertz CT molecular complexity index is 335. The molecule has 0 spiro atoms. The van der Waals surface area contributed by atoms with Gasteiger partial charge < -0.3 is 5.32 Å². The molecule has 1 saturated heterocycles. The zero-order valence-electron chi connectivity index (χ0n) is 11.2. The van der Waals surface area contributed by atoms with Gasteiger partial charge in [-0.25, -0.2) is 0 Å². The zero-order chi connectivity index (χ0) is 12.1. The van der Waals surface area contributed by atoms with Crippen LogP contribution in [0.25, 0.3) is 0 Å². The maximum Gasteiger partial charge on any atom is 0.0540 e. The van der Waals surface area contributed by atoms with Crippen LogP contribution in [0.3, 0.4) is 0 Å². The van der Waals surface area contributed by atoms with E-state index in [1.165, 1.54) is 31.2 Å². The Morgan fingerprint density at radius 3 is 3.00 bits per heavy atom. The first-order valence-electron chi connectivity index (χ1n) is 7.08. The minimum atomic E-state index is 0.183. The fourth-order valence-electron chi connectivity index (χ4n) is 2.86. The van der Waals surface area contributed by atoms with E-state index in [0.29, 0.717) is 0 Å². The van der Waals surface area contributed by atoms with Crippen molar-refractivity contribution in [3.8, 4) is 0 Å². The molecule has 17 heavy (non-hydrogen) atoms. The highest BCUT2D eigenvalue weighted by Gasteiger charge is 2.31. The maximum absolute atomic E-state index is 4.48. The summed E-state index contributed by atoms with van der Waals surface area (Å²) in [5, 5.41) is 8.24. The number of aromatic nitrogens is 2. The molecule has 0 aromatic carbocycles. The van der Waals surface area contributed by atoms with Crippen LogP contribution in [0.1, 0.15) is 57.9 Å². The average molecular weight is 235 g/mol. The molecule has 3 nitrogen and oxygen atoms in total. The second-order valence-corrected chi connectivity index (χ2v) is 5.17. The topological polar surface area (TPSA) is 29.9 Å². The maximum atomic E-state index is 4.48. The minimum Gasteiger partial charge on any atom is -0.307 e. The summed E-state index contributed by atoms with van der Waals surface area (Å²) in [6.07, 6.45) is 11.9. The summed E-state index contributed by atoms with van der Waals surface area (Å²) in [5.74, 6) is 0. The number of rotatable bonds is 4. The van der Waals surface area contributed by atoms with Gasteiger partial charge >= 0.3 is 0 Å². The van der Waals surface area contributed by atoms with E-state index in [-0.39, 0.29) is 5.54 Å². The molecule has 1 aliphatic heterocycles. The summed E-state index contributed by atoms with van der Waals surface area (Å²) in [7, 11) is 0.